The first kappa shape index (κ1) is 9.71. The second kappa shape index (κ2) is 4.60. The normalized spacial score (nSPS) is 16.5. The van der Waals surface area contributed by atoms with Crippen LogP contribution in [0.25, 0.3) is 0 Å². The summed E-state index contributed by atoms with van der Waals surface area (Å²) in [5.74, 6) is 1.20. The predicted octanol–water partition coefficient (Wildman–Crippen LogP) is 2.73. The molecule has 0 unspecified atom stereocenters. The van der Waals surface area contributed by atoms with E-state index >= 15 is 0 Å². The molecule has 0 fully saturated rings. The molecular weight excluding hydrogens is 192 g/mol. The first-order valence-electron chi connectivity index (χ1n) is 5.17. The van der Waals surface area contributed by atoms with Crippen molar-refractivity contribution < 1.29 is 0 Å². The monoisotopic (exact) mass is 208 g/mol. The summed E-state index contributed by atoms with van der Waals surface area (Å²) in [6, 6.07) is 4.36. The molecule has 0 saturated carbocycles. The van der Waals surface area contributed by atoms with Crippen LogP contribution in [0, 0.1) is 6.92 Å². The summed E-state index contributed by atoms with van der Waals surface area (Å²) in [6.07, 6.45) is 3.67. The van der Waals surface area contributed by atoms with Gasteiger partial charge in [-0.15, -0.1) is 11.3 Å². The van der Waals surface area contributed by atoms with Crippen molar-refractivity contribution in [2.45, 2.75) is 32.7 Å². The summed E-state index contributed by atoms with van der Waals surface area (Å²) in [7, 11) is 0. The van der Waals surface area contributed by atoms with Gasteiger partial charge in [0.2, 0.25) is 0 Å². The van der Waals surface area contributed by atoms with Crippen molar-refractivity contribution in [3.05, 3.63) is 21.9 Å². The lowest BCUT2D eigenvalue weighted by Gasteiger charge is -2.12. The summed E-state index contributed by atoms with van der Waals surface area (Å²) in [5, 5.41) is 3.41. The molecule has 0 atom stereocenters. The standard InChI is InChI=1S/C11H16N2S/c1-9-5-6-10(14-9)8-13-11-4-2-3-7-12-11/h5-6H,2-4,7-8H2,1H3,(H,12,13). The number of aliphatic imine (C=N–C) groups is 1. The van der Waals surface area contributed by atoms with Gasteiger partial charge in [-0.25, -0.2) is 0 Å². The van der Waals surface area contributed by atoms with Crippen LogP contribution in [0.1, 0.15) is 29.0 Å². The van der Waals surface area contributed by atoms with Gasteiger partial charge in [-0.2, -0.15) is 0 Å². The van der Waals surface area contributed by atoms with E-state index in [2.05, 4.69) is 29.4 Å². The zero-order valence-electron chi connectivity index (χ0n) is 8.55. The molecule has 0 saturated heterocycles. The van der Waals surface area contributed by atoms with Gasteiger partial charge in [-0.1, -0.05) is 0 Å². The minimum absolute atomic E-state index is 0.942. The maximum absolute atomic E-state index is 4.46. The molecule has 1 aliphatic rings. The van der Waals surface area contributed by atoms with Gasteiger partial charge in [0.25, 0.3) is 0 Å². The van der Waals surface area contributed by atoms with Crippen LogP contribution in [0.15, 0.2) is 17.1 Å². The Bertz CT molecular complexity index is 328. The Labute approximate surface area is 89.1 Å². The Morgan fingerprint density at radius 2 is 2.36 bits per heavy atom. The van der Waals surface area contributed by atoms with Crippen LogP contribution in [-0.4, -0.2) is 12.4 Å². The molecular formula is C11H16N2S. The van der Waals surface area contributed by atoms with E-state index in [1.54, 1.807) is 0 Å². The molecule has 0 radical (unpaired) electrons. The number of aryl methyl sites for hydroxylation is 1. The zero-order valence-corrected chi connectivity index (χ0v) is 9.36. The van der Waals surface area contributed by atoms with E-state index in [4.69, 9.17) is 0 Å². The molecule has 1 N–H and O–H groups in total. The van der Waals surface area contributed by atoms with Crippen LogP contribution in [0.4, 0.5) is 0 Å². The van der Waals surface area contributed by atoms with Crippen LogP contribution in [0.5, 0.6) is 0 Å². The topological polar surface area (TPSA) is 24.4 Å². The van der Waals surface area contributed by atoms with Gasteiger partial charge in [0.05, 0.1) is 12.4 Å². The fraction of sp³-hybridized carbons (Fsp3) is 0.545. The number of rotatable bonds is 2. The van der Waals surface area contributed by atoms with Gasteiger partial charge in [0, 0.05) is 22.7 Å². The first-order chi connectivity index (χ1) is 6.84. The summed E-state index contributed by atoms with van der Waals surface area (Å²) in [6.45, 7) is 4.09. The lowest BCUT2D eigenvalue weighted by Crippen LogP contribution is -2.24. The summed E-state index contributed by atoms with van der Waals surface area (Å²) in [4.78, 5) is 7.24. The smallest absolute Gasteiger partial charge is 0.0965 e. The number of nitrogens with zero attached hydrogens (tertiary/aromatic N) is 1. The van der Waals surface area contributed by atoms with Crippen molar-refractivity contribution in [1.82, 2.24) is 5.32 Å². The van der Waals surface area contributed by atoms with E-state index in [1.807, 2.05) is 11.3 Å². The van der Waals surface area contributed by atoms with Crippen LogP contribution in [0.2, 0.25) is 0 Å². The summed E-state index contributed by atoms with van der Waals surface area (Å²) < 4.78 is 0. The predicted molar refractivity (Wildman–Crippen MR) is 62.0 cm³/mol. The van der Waals surface area contributed by atoms with E-state index in [0.717, 1.165) is 19.5 Å². The fourth-order valence-corrected chi connectivity index (χ4v) is 2.44. The average molecular weight is 208 g/mol. The third kappa shape index (κ3) is 2.58. The SMILES string of the molecule is Cc1ccc(CNC2=NCCCC2)s1. The van der Waals surface area contributed by atoms with Gasteiger partial charge in [0.1, 0.15) is 0 Å². The van der Waals surface area contributed by atoms with E-state index in [9.17, 15) is 0 Å². The van der Waals surface area contributed by atoms with Crippen LogP contribution in [0.3, 0.4) is 0 Å². The van der Waals surface area contributed by atoms with E-state index in [-0.39, 0.29) is 0 Å². The Kier molecular flexibility index (Phi) is 3.19. The molecule has 1 aliphatic heterocycles. The maximum Gasteiger partial charge on any atom is 0.0965 e. The number of hydrogen-bond acceptors (Lipinski definition) is 3. The molecule has 1 aromatic rings. The molecule has 0 spiro atoms. The second-order valence-electron chi connectivity index (χ2n) is 3.65. The van der Waals surface area contributed by atoms with Crippen LogP contribution in [-0.2, 0) is 6.54 Å². The minimum Gasteiger partial charge on any atom is -0.369 e. The van der Waals surface area contributed by atoms with Gasteiger partial charge in [0.15, 0.2) is 0 Å². The van der Waals surface area contributed by atoms with Crippen molar-refractivity contribution in [2.24, 2.45) is 4.99 Å². The Balaban J connectivity index is 1.84. The van der Waals surface area contributed by atoms with Crippen molar-refractivity contribution in [3.63, 3.8) is 0 Å². The van der Waals surface area contributed by atoms with Crippen LogP contribution >= 0.6 is 11.3 Å². The van der Waals surface area contributed by atoms with Gasteiger partial charge in [-0.05, 0) is 31.9 Å². The summed E-state index contributed by atoms with van der Waals surface area (Å²) in [5.41, 5.74) is 0. The molecule has 2 nitrogen and oxygen atoms in total. The second-order valence-corrected chi connectivity index (χ2v) is 5.02. The van der Waals surface area contributed by atoms with E-state index < -0.39 is 0 Å². The lowest BCUT2D eigenvalue weighted by atomic mass is 10.2. The summed E-state index contributed by atoms with van der Waals surface area (Å²) >= 11 is 1.86. The third-order valence-corrected chi connectivity index (χ3v) is 3.39. The largest absolute Gasteiger partial charge is 0.369 e. The highest BCUT2D eigenvalue weighted by molar-refractivity contribution is 7.11. The van der Waals surface area contributed by atoms with Crippen LogP contribution < -0.4 is 5.32 Å². The van der Waals surface area contributed by atoms with Crippen molar-refractivity contribution in [3.8, 4) is 0 Å². The molecule has 0 aliphatic carbocycles. The highest BCUT2D eigenvalue weighted by atomic mass is 32.1. The quantitative estimate of drug-likeness (QED) is 0.794. The van der Waals surface area contributed by atoms with Gasteiger partial charge in [-0.3, -0.25) is 4.99 Å². The Morgan fingerprint density at radius 1 is 1.43 bits per heavy atom. The lowest BCUT2D eigenvalue weighted by molar-refractivity contribution is 0.707. The zero-order chi connectivity index (χ0) is 9.80. The number of nitrogens with one attached hydrogen (secondary N) is 1. The molecule has 0 amide bonds. The minimum atomic E-state index is 0.942. The molecule has 3 heteroatoms. The van der Waals surface area contributed by atoms with E-state index in [0.29, 0.717) is 0 Å². The maximum atomic E-state index is 4.46. The van der Waals surface area contributed by atoms with E-state index in [1.165, 1.54) is 28.4 Å². The Hall–Kier alpha value is -0.830. The van der Waals surface area contributed by atoms with Gasteiger partial charge < -0.3 is 5.32 Å². The first-order valence-corrected chi connectivity index (χ1v) is 5.99. The number of hydrogen-bond donors (Lipinski definition) is 1. The molecule has 2 rings (SSSR count). The Morgan fingerprint density at radius 3 is 3.00 bits per heavy atom. The number of thiophene rings is 1. The number of amidine groups is 1. The highest BCUT2D eigenvalue weighted by Crippen LogP contribution is 2.14. The molecule has 14 heavy (non-hydrogen) atoms. The highest BCUT2D eigenvalue weighted by Gasteiger charge is 2.04. The van der Waals surface area contributed by atoms with Crippen molar-refractivity contribution >= 4 is 17.2 Å². The average Bonchev–Trinajstić information content (AvgIpc) is 2.63. The molecule has 1 aromatic heterocycles. The van der Waals surface area contributed by atoms with Crippen molar-refractivity contribution in [2.75, 3.05) is 6.54 Å². The molecule has 0 bridgehead atoms. The molecule has 2 heterocycles. The van der Waals surface area contributed by atoms with Gasteiger partial charge >= 0.3 is 0 Å². The molecule has 76 valence electrons. The van der Waals surface area contributed by atoms with Crippen molar-refractivity contribution in [1.29, 1.82) is 0 Å². The molecule has 0 aromatic carbocycles. The fourth-order valence-electron chi connectivity index (χ4n) is 1.61. The third-order valence-electron chi connectivity index (χ3n) is 2.39.